The number of carbonyl (C=O) groups is 1. The fraction of sp³-hybridized carbons (Fsp3) is 0.458. The number of ether oxygens (including phenoxy) is 3. The van der Waals surface area contributed by atoms with Crippen LogP contribution in [0, 0.1) is 11.6 Å². The van der Waals surface area contributed by atoms with Crippen molar-refractivity contribution in [3.05, 3.63) is 59.2 Å². The van der Waals surface area contributed by atoms with E-state index in [0.29, 0.717) is 43.6 Å². The summed E-state index contributed by atoms with van der Waals surface area (Å²) in [5.41, 5.74) is 1.56. The van der Waals surface area contributed by atoms with Gasteiger partial charge in [0.1, 0.15) is 11.6 Å². The van der Waals surface area contributed by atoms with E-state index in [1.165, 1.54) is 30.2 Å². The summed E-state index contributed by atoms with van der Waals surface area (Å²) in [6.07, 6.45) is 1.01. The van der Waals surface area contributed by atoms with Gasteiger partial charge in [-0.25, -0.2) is 13.6 Å². The van der Waals surface area contributed by atoms with Crippen LogP contribution in [0.3, 0.4) is 0 Å². The summed E-state index contributed by atoms with van der Waals surface area (Å²) in [5, 5.41) is 9.95. The summed E-state index contributed by atoms with van der Waals surface area (Å²) >= 11 is 0. The van der Waals surface area contributed by atoms with Crippen LogP contribution in [0.1, 0.15) is 30.9 Å². The van der Waals surface area contributed by atoms with Crippen LogP contribution in [0.15, 0.2) is 36.4 Å². The number of halogens is 2. The third-order valence-electron chi connectivity index (χ3n) is 5.52. The molecule has 1 fully saturated rings. The number of hydrogen-bond donors (Lipinski definition) is 1. The van der Waals surface area contributed by atoms with Crippen molar-refractivity contribution in [3.63, 3.8) is 0 Å². The lowest BCUT2D eigenvalue weighted by atomic mass is 10.0. The van der Waals surface area contributed by atoms with Crippen molar-refractivity contribution in [2.45, 2.75) is 44.8 Å². The number of aryl methyl sites for hydroxylation is 2. The first-order valence-corrected chi connectivity index (χ1v) is 10.8. The first-order chi connectivity index (χ1) is 15.4. The molecule has 1 heterocycles. The molecule has 0 spiro atoms. The molecule has 2 atom stereocenters. The van der Waals surface area contributed by atoms with Gasteiger partial charge in [0, 0.05) is 12.5 Å². The van der Waals surface area contributed by atoms with E-state index in [4.69, 9.17) is 14.2 Å². The molecule has 0 unspecified atom stereocenters. The molecule has 0 aromatic heterocycles. The van der Waals surface area contributed by atoms with Gasteiger partial charge >= 0.3 is 6.09 Å². The molecule has 1 amide bonds. The molecule has 3 rings (SSSR count). The van der Waals surface area contributed by atoms with Crippen LogP contribution in [-0.4, -0.2) is 55.1 Å². The fourth-order valence-corrected chi connectivity index (χ4v) is 3.92. The first-order valence-electron chi connectivity index (χ1n) is 10.8. The third-order valence-corrected chi connectivity index (χ3v) is 5.52. The molecular formula is C24H29F2NO5. The molecular weight excluding hydrogens is 420 g/mol. The van der Waals surface area contributed by atoms with Gasteiger partial charge in [0.2, 0.25) is 0 Å². The predicted octanol–water partition coefficient (Wildman–Crippen LogP) is 4.12. The molecule has 0 bridgehead atoms. The number of aliphatic hydroxyl groups is 1. The Morgan fingerprint density at radius 1 is 1.16 bits per heavy atom. The van der Waals surface area contributed by atoms with Gasteiger partial charge in [-0.1, -0.05) is 6.07 Å². The fourth-order valence-electron chi connectivity index (χ4n) is 3.92. The molecule has 0 aliphatic carbocycles. The Bertz CT molecular complexity index is 923. The lowest BCUT2D eigenvalue weighted by Crippen LogP contribution is -2.37. The summed E-state index contributed by atoms with van der Waals surface area (Å²) in [6.45, 7) is 2.55. The predicted molar refractivity (Wildman–Crippen MR) is 115 cm³/mol. The first kappa shape index (κ1) is 23.8. The van der Waals surface area contributed by atoms with Crippen molar-refractivity contribution in [3.8, 4) is 11.5 Å². The summed E-state index contributed by atoms with van der Waals surface area (Å²) < 4.78 is 43.5. The Hall–Kier alpha value is -2.87. The minimum atomic E-state index is -0.585. The van der Waals surface area contributed by atoms with Crippen LogP contribution in [-0.2, 0) is 17.6 Å². The zero-order valence-corrected chi connectivity index (χ0v) is 18.4. The number of β-amino-alcohol motifs (C(OH)–C–C–N with tert-alkyl or cyclic N) is 1. The quantitative estimate of drug-likeness (QED) is 0.624. The highest BCUT2D eigenvalue weighted by Gasteiger charge is 2.35. The number of benzene rings is 2. The van der Waals surface area contributed by atoms with Crippen molar-refractivity contribution in [2.75, 3.05) is 26.9 Å². The molecule has 1 aliphatic rings. The van der Waals surface area contributed by atoms with E-state index < -0.39 is 18.0 Å². The summed E-state index contributed by atoms with van der Waals surface area (Å²) in [5.74, 6) is -0.0683. The van der Waals surface area contributed by atoms with Crippen molar-refractivity contribution in [1.82, 2.24) is 4.90 Å². The Balaban J connectivity index is 1.61. The van der Waals surface area contributed by atoms with Crippen LogP contribution < -0.4 is 9.47 Å². The molecule has 0 saturated carbocycles. The smallest absolute Gasteiger partial charge is 0.410 e. The minimum Gasteiger partial charge on any atom is -0.494 e. The standard InChI is InChI=1S/C24H29F2NO5/c1-3-31-24(29)27-15-20(28)14-19(27)10-11-32-22-9-7-18(25)13-17(22)6-4-16-5-8-21(26)23(12-16)30-2/h5,7-9,12-13,19-20,28H,3-4,6,10-11,14-15H2,1-2H3/t19-,20-/m1/s1. The van der Waals surface area contributed by atoms with Gasteiger partial charge in [0.25, 0.3) is 0 Å². The second-order valence-corrected chi connectivity index (χ2v) is 7.75. The normalized spacial score (nSPS) is 18.0. The number of rotatable bonds is 9. The van der Waals surface area contributed by atoms with Gasteiger partial charge in [-0.3, -0.25) is 0 Å². The van der Waals surface area contributed by atoms with Gasteiger partial charge in [-0.15, -0.1) is 0 Å². The van der Waals surface area contributed by atoms with E-state index >= 15 is 0 Å². The molecule has 1 aliphatic heterocycles. The topological polar surface area (TPSA) is 68.2 Å². The van der Waals surface area contributed by atoms with Crippen molar-refractivity contribution in [1.29, 1.82) is 0 Å². The van der Waals surface area contributed by atoms with Gasteiger partial charge in [-0.05, 0) is 67.6 Å². The maximum Gasteiger partial charge on any atom is 0.410 e. The van der Waals surface area contributed by atoms with Crippen LogP contribution in [0.4, 0.5) is 13.6 Å². The summed E-state index contributed by atoms with van der Waals surface area (Å²) in [7, 11) is 1.41. The van der Waals surface area contributed by atoms with Crippen molar-refractivity contribution < 1.29 is 32.9 Å². The zero-order chi connectivity index (χ0) is 23.1. The monoisotopic (exact) mass is 449 g/mol. The van der Waals surface area contributed by atoms with Gasteiger partial charge in [-0.2, -0.15) is 0 Å². The van der Waals surface area contributed by atoms with Gasteiger partial charge in [0.05, 0.1) is 33.0 Å². The Kier molecular flexibility index (Phi) is 8.27. The van der Waals surface area contributed by atoms with E-state index in [2.05, 4.69) is 0 Å². The average Bonchev–Trinajstić information content (AvgIpc) is 3.15. The number of carbonyl (C=O) groups excluding carboxylic acids is 1. The summed E-state index contributed by atoms with van der Waals surface area (Å²) in [4.78, 5) is 13.6. The zero-order valence-electron chi connectivity index (χ0n) is 18.4. The van der Waals surface area contributed by atoms with Crippen LogP contribution in [0.25, 0.3) is 0 Å². The molecule has 0 radical (unpaired) electrons. The molecule has 174 valence electrons. The minimum absolute atomic E-state index is 0.170. The largest absolute Gasteiger partial charge is 0.494 e. The van der Waals surface area contributed by atoms with Crippen molar-refractivity contribution >= 4 is 6.09 Å². The number of amides is 1. The van der Waals surface area contributed by atoms with E-state index in [-0.39, 0.29) is 30.8 Å². The molecule has 2 aromatic carbocycles. The van der Waals surface area contributed by atoms with Crippen LogP contribution >= 0.6 is 0 Å². The lowest BCUT2D eigenvalue weighted by molar-refractivity contribution is 0.0941. The molecule has 1 saturated heterocycles. The average molecular weight is 449 g/mol. The van der Waals surface area contributed by atoms with Crippen LogP contribution in [0.2, 0.25) is 0 Å². The van der Waals surface area contributed by atoms with Crippen LogP contribution in [0.5, 0.6) is 11.5 Å². The number of methoxy groups -OCH3 is 1. The highest BCUT2D eigenvalue weighted by atomic mass is 19.1. The highest BCUT2D eigenvalue weighted by Crippen LogP contribution is 2.26. The summed E-state index contributed by atoms with van der Waals surface area (Å²) in [6, 6.07) is 8.83. The Labute approximate surface area is 186 Å². The van der Waals surface area contributed by atoms with Gasteiger partial charge in [0.15, 0.2) is 11.6 Å². The molecule has 2 aromatic rings. The van der Waals surface area contributed by atoms with E-state index in [0.717, 1.165) is 5.56 Å². The maximum atomic E-state index is 13.9. The van der Waals surface area contributed by atoms with Gasteiger partial charge < -0.3 is 24.2 Å². The Morgan fingerprint density at radius 2 is 1.97 bits per heavy atom. The number of nitrogens with zero attached hydrogens (tertiary/aromatic N) is 1. The number of aliphatic hydroxyl groups excluding tert-OH is 1. The second kappa shape index (κ2) is 11.1. The molecule has 1 N–H and O–H groups in total. The van der Waals surface area contributed by atoms with E-state index in [1.807, 2.05) is 0 Å². The molecule has 6 nitrogen and oxygen atoms in total. The SMILES string of the molecule is CCOC(=O)N1C[C@H](O)C[C@H]1CCOc1ccc(F)cc1CCc1ccc(F)c(OC)c1. The third kappa shape index (κ3) is 6.09. The van der Waals surface area contributed by atoms with E-state index in [9.17, 15) is 18.7 Å². The number of likely N-dealkylation sites (tertiary alicyclic amines) is 1. The number of hydrogen-bond acceptors (Lipinski definition) is 5. The highest BCUT2D eigenvalue weighted by molar-refractivity contribution is 5.68. The second-order valence-electron chi connectivity index (χ2n) is 7.75. The molecule has 32 heavy (non-hydrogen) atoms. The molecule has 8 heteroatoms. The van der Waals surface area contributed by atoms with E-state index in [1.54, 1.807) is 25.1 Å². The Morgan fingerprint density at radius 3 is 2.72 bits per heavy atom. The maximum absolute atomic E-state index is 13.9. The van der Waals surface area contributed by atoms with Crippen molar-refractivity contribution in [2.24, 2.45) is 0 Å². The lowest BCUT2D eigenvalue weighted by Gasteiger charge is -2.23.